The molecule has 10 heteroatoms. The Morgan fingerprint density at radius 2 is 2.12 bits per heavy atom. The van der Waals surface area contributed by atoms with E-state index in [1.54, 1.807) is 25.3 Å². The lowest BCUT2D eigenvalue weighted by Crippen LogP contribution is -2.27. The van der Waals surface area contributed by atoms with Crippen molar-refractivity contribution >= 4 is 22.9 Å². The Labute approximate surface area is 142 Å². The van der Waals surface area contributed by atoms with E-state index < -0.39 is 11.7 Å². The highest BCUT2D eigenvalue weighted by atomic mass is 16.6. The van der Waals surface area contributed by atoms with Gasteiger partial charge >= 0.3 is 6.09 Å². The third kappa shape index (κ3) is 3.23. The third-order valence-corrected chi connectivity index (χ3v) is 3.27. The summed E-state index contributed by atoms with van der Waals surface area (Å²) < 4.78 is 11.7. The van der Waals surface area contributed by atoms with Gasteiger partial charge in [-0.25, -0.2) is 14.4 Å². The van der Waals surface area contributed by atoms with Gasteiger partial charge < -0.3 is 14.4 Å². The summed E-state index contributed by atoms with van der Waals surface area (Å²) in [6.45, 7) is 7.64. The Hall–Kier alpha value is -3.17. The summed E-state index contributed by atoms with van der Waals surface area (Å²) in [5.41, 5.74) is 0.570. The number of carbonyl (C=O) groups is 1. The van der Waals surface area contributed by atoms with Crippen LogP contribution in [0.15, 0.2) is 17.0 Å². The molecule has 0 aliphatic rings. The van der Waals surface area contributed by atoms with Crippen molar-refractivity contribution in [3.63, 3.8) is 0 Å². The summed E-state index contributed by atoms with van der Waals surface area (Å²) in [5.74, 6) is 0.455. The lowest BCUT2D eigenvalue weighted by atomic mass is 10.2. The van der Waals surface area contributed by atoms with Gasteiger partial charge in [0.2, 0.25) is 5.82 Å². The van der Waals surface area contributed by atoms with E-state index >= 15 is 0 Å². The predicted octanol–water partition coefficient (Wildman–Crippen LogP) is 2.55. The molecular weight excluding hydrogens is 328 g/mol. The number of ether oxygens (including phenoxy) is 1. The summed E-state index contributed by atoms with van der Waals surface area (Å²) in [6, 6.07) is 0. The molecule has 0 saturated carbocycles. The Morgan fingerprint density at radius 1 is 1.36 bits per heavy atom. The second-order valence-electron chi connectivity index (χ2n) is 6.29. The van der Waals surface area contributed by atoms with E-state index in [-0.39, 0.29) is 17.3 Å². The molecule has 1 amide bonds. The van der Waals surface area contributed by atoms with Crippen LogP contribution in [0.5, 0.6) is 5.75 Å². The molecule has 10 nitrogen and oxygen atoms in total. The van der Waals surface area contributed by atoms with Crippen LogP contribution in [-0.4, -0.2) is 41.6 Å². The van der Waals surface area contributed by atoms with Crippen molar-refractivity contribution in [3.05, 3.63) is 12.4 Å². The molecule has 132 valence electrons. The smallest absolute Gasteiger partial charge is 0.413 e. The second-order valence-corrected chi connectivity index (χ2v) is 6.29. The van der Waals surface area contributed by atoms with Gasteiger partial charge in [-0.15, -0.1) is 0 Å². The van der Waals surface area contributed by atoms with Crippen LogP contribution in [0.3, 0.4) is 0 Å². The van der Waals surface area contributed by atoms with Crippen molar-refractivity contribution in [1.29, 1.82) is 0 Å². The Kier molecular flexibility index (Phi) is 4.03. The quantitative estimate of drug-likeness (QED) is 0.740. The molecule has 0 saturated heterocycles. The molecule has 3 heterocycles. The average molecular weight is 346 g/mol. The monoisotopic (exact) mass is 346 g/mol. The maximum Gasteiger partial charge on any atom is 0.413 e. The van der Waals surface area contributed by atoms with E-state index in [1.807, 2.05) is 6.92 Å². The first-order valence-electron chi connectivity index (χ1n) is 7.66. The lowest BCUT2D eigenvalue weighted by molar-refractivity contribution is 0.0634. The first kappa shape index (κ1) is 16.7. The molecule has 0 spiro atoms. The number of fused-ring (bicyclic) bond motifs is 1. The Balaban J connectivity index is 2.02. The molecule has 3 aromatic rings. The molecule has 3 aromatic heterocycles. The van der Waals surface area contributed by atoms with Gasteiger partial charge in [-0.2, -0.15) is 0 Å². The molecule has 25 heavy (non-hydrogen) atoms. The topological polar surface area (TPSA) is 128 Å². The molecule has 0 aliphatic heterocycles. The van der Waals surface area contributed by atoms with Crippen LogP contribution in [0.1, 0.15) is 27.7 Å². The van der Waals surface area contributed by atoms with E-state index in [1.165, 1.54) is 12.4 Å². The number of nitrogens with one attached hydrogen (secondary N) is 1. The zero-order valence-corrected chi connectivity index (χ0v) is 14.3. The second kappa shape index (κ2) is 6.04. The number of rotatable bonds is 3. The number of imidazole rings is 1. The van der Waals surface area contributed by atoms with Gasteiger partial charge in [-0.1, -0.05) is 0 Å². The standard InChI is InChI=1S/C15H18N6O4/c1-5-21-11-8(6-16-7-9(11)22)17-13(21)10-12(20-25-19-10)18-14(23)24-15(2,3)4/h6-7,22H,5H2,1-4H3,(H,18,20,23). The van der Waals surface area contributed by atoms with Crippen molar-refractivity contribution in [2.24, 2.45) is 0 Å². The number of hydrogen-bond donors (Lipinski definition) is 2. The van der Waals surface area contributed by atoms with Gasteiger partial charge in [0.05, 0.1) is 12.4 Å². The number of aryl methyl sites for hydroxylation is 1. The van der Waals surface area contributed by atoms with Gasteiger partial charge in [0.25, 0.3) is 0 Å². The van der Waals surface area contributed by atoms with Crippen LogP contribution in [0.2, 0.25) is 0 Å². The molecule has 0 atom stereocenters. The van der Waals surface area contributed by atoms with Crippen LogP contribution in [-0.2, 0) is 11.3 Å². The average Bonchev–Trinajstić information content (AvgIpc) is 3.09. The SMILES string of the molecule is CCn1c(-c2nonc2NC(=O)OC(C)(C)C)nc2cncc(O)c21. The van der Waals surface area contributed by atoms with Gasteiger partial charge in [0.15, 0.2) is 17.3 Å². The van der Waals surface area contributed by atoms with Gasteiger partial charge in [0, 0.05) is 6.54 Å². The lowest BCUT2D eigenvalue weighted by Gasteiger charge is -2.19. The van der Waals surface area contributed by atoms with Crippen molar-refractivity contribution in [3.8, 4) is 17.3 Å². The van der Waals surface area contributed by atoms with Crippen molar-refractivity contribution in [1.82, 2.24) is 24.8 Å². The number of amides is 1. The number of hydrogen-bond acceptors (Lipinski definition) is 8. The maximum atomic E-state index is 12.0. The summed E-state index contributed by atoms with van der Waals surface area (Å²) >= 11 is 0. The number of aromatic hydroxyl groups is 1. The minimum atomic E-state index is -0.687. The predicted molar refractivity (Wildman–Crippen MR) is 88.0 cm³/mol. The fraction of sp³-hybridized carbons (Fsp3) is 0.400. The van der Waals surface area contributed by atoms with Crippen molar-refractivity contribution in [2.45, 2.75) is 39.8 Å². The highest BCUT2D eigenvalue weighted by molar-refractivity contribution is 5.90. The summed E-state index contributed by atoms with van der Waals surface area (Å²) in [4.78, 5) is 20.3. The number of pyridine rings is 1. The molecule has 0 bridgehead atoms. The fourth-order valence-electron chi connectivity index (χ4n) is 2.38. The first-order chi connectivity index (χ1) is 11.8. The summed E-state index contributed by atoms with van der Waals surface area (Å²) in [7, 11) is 0. The molecule has 2 N–H and O–H groups in total. The minimum Gasteiger partial charge on any atom is -0.504 e. The molecule has 0 fully saturated rings. The van der Waals surface area contributed by atoms with Crippen LogP contribution >= 0.6 is 0 Å². The maximum absolute atomic E-state index is 12.0. The summed E-state index contributed by atoms with van der Waals surface area (Å²) in [5, 5.41) is 20.1. The molecule has 0 unspecified atom stereocenters. The molecule has 0 aliphatic carbocycles. The van der Waals surface area contributed by atoms with E-state index in [9.17, 15) is 9.90 Å². The Morgan fingerprint density at radius 3 is 2.80 bits per heavy atom. The van der Waals surface area contributed by atoms with Crippen LogP contribution in [0.25, 0.3) is 22.6 Å². The minimum absolute atomic E-state index is 0.00351. The zero-order chi connectivity index (χ0) is 18.2. The number of carbonyl (C=O) groups excluding carboxylic acids is 1. The van der Waals surface area contributed by atoms with E-state index in [0.717, 1.165) is 0 Å². The van der Waals surface area contributed by atoms with E-state index in [0.29, 0.717) is 23.4 Å². The molecule has 3 rings (SSSR count). The number of nitrogens with zero attached hydrogens (tertiary/aromatic N) is 5. The molecule has 0 aromatic carbocycles. The van der Waals surface area contributed by atoms with Gasteiger partial charge in [-0.3, -0.25) is 10.3 Å². The van der Waals surface area contributed by atoms with Crippen molar-refractivity contribution < 1.29 is 19.3 Å². The normalized spacial score (nSPS) is 11.7. The van der Waals surface area contributed by atoms with Crippen LogP contribution in [0, 0.1) is 0 Å². The largest absolute Gasteiger partial charge is 0.504 e. The van der Waals surface area contributed by atoms with E-state index in [2.05, 4.69) is 25.6 Å². The first-order valence-corrected chi connectivity index (χ1v) is 7.66. The fourth-order valence-corrected chi connectivity index (χ4v) is 2.38. The van der Waals surface area contributed by atoms with Crippen LogP contribution in [0.4, 0.5) is 10.6 Å². The van der Waals surface area contributed by atoms with E-state index in [4.69, 9.17) is 9.37 Å². The van der Waals surface area contributed by atoms with Crippen molar-refractivity contribution in [2.75, 3.05) is 5.32 Å². The van der Waals surface area contributed by atoms with Gasteiger partial charge in [-0.05, 0) is 38.0 Å². The zero-order valence-electron chi connectivity index (χ0n) is 14.3. The number of anilines is 1. The number of aromatic nitrogens is 5. The Bertz CT molecular complexity index is 924. The van der Waals surface area contributed by atoms with Crippen LogP contribution < -0.4 is 5.32 Å². The third-order valence-electron chi connectivity index (χ3n) is 3.27. The highest BCUT2D eigenvalue weighted by Gasteiger charge is 2.24. The summed E-state index contributed by atoms with van der Waals surface area (Å²) in [6.07, 6.45) is 2.17. The van der Waals surface area contributed by atoms with Gasteiger partial charge in [0.1, 0.15) is 16.6 Å². The highest BCUT2D eigenvalue weighted by Crippen LogP contribution is 2.31. The molecule has 0 radical (unpaired) electrons. The molecular formula is C15H18N6O4.